The summed E-state index contributed by atoms with van der Waals surface area (Å²) in [4.78, 5) is 11.1. The van der Waals surface area contributed by atoms with E-state index in [9.17, 15) is 4.79 Å². The van der Waals surface area contributed by atoms with Crippen LogP contribution < -0.4 is 0 Å². The number of hydrogen-bond donors (Lipinski definition) is 0. The van der Waals surface area contributed by atoms with Gasteiger partial charge in [0.1, 0.15) is 6.29 Å². The van der Waals surface area contributed by atoms with E-state index in [4.69, 9.17) is 16.3 Å². The number of rotatable bonds is 4. The third-order valence-corrected chi connectivity index (χ3v) is 3.63. The summed E-state index contributed by atoms with van der Waals surface area (Å²) in [5.41, 5.74) is -0.183. The Morgan fingerprint density at radius 1 is 1.54 bits per heavy atom. The maximum absolute atomic E-state index is 11.1. The van der Waals surface area contributed by atoms with Gasteiger partial charge in [-0.1, -0.05) is 0 Å². The monoisotopic (exact) mass is 202 g/mol. The second-order valence-electron chi connectivity index (χ2n) is 4.17. The van der Waals surface area contributed by atoms with Gasteiger partial charge in [-0.3, -0.25) is 0 Å². The number of alkyl halides is 1. The molecule has 13 heavy (non-hydrogen) atoms. The minimum absolute atomic E-state index is 0.183. The molecule has 0 saturated carbocycles. The number of carbonyl (C=O) groups excluding carboxylic acids is 1. The first kappa shape index (κ1) is 9.47. The van der Waals surface area contributed by atoms with Crippen molar-refractivity contribution in [1.82, 2.24) is 0 Å². The molecule has 2 heterocycles. The molecule has 0 N–H and O–H groups in total. The first-order chi connectivity index (χ1) is 6.30. The summed E-state index contributed by atoms with van der Waals surface area (Å²) < 4.78 is 5.70. The van der Waals surface area contributed by atoms with Crippen LogP contribution in [0.4, 0.5) is 0 Å². The Bertz CT molecular complexity index is 207. The van der Waals surface area contributed by atoms with Gasteiger partial charge in [0.2, 0.25) is 0 Å². The molecule has 2 aliphatic rings. The van der Waals surface area contributed by atoms with Crippen LogP contribution in [0, 0.1) is 5.41 Å². The molecule has 0 amide bonds. The zero-order valence-electron chi connectivity index (χ0n) is 7.67. The summed E-state index contributed by atoms with van der Waals surface area (Å²) in [5, 5.41) is 0. The maximum Gasteiger partial charge on any atom is 0.128 e. The highest BCUT2D eigenvalue weighted by molar-refractivity contribution is 6.17. The molecule has 0 aromatic rings. The molecular formula is C10H15ClO2. The summed E-state index contributed by atoms with van der Waals surface area (Å²) in [6, 6.07) is 0. The lowest BCUT2D eigenvalue weighted by Gasteiger charge is -2.29. The second-order valence-corrected chi connectivity index (χ2v) is 4.55. The molecule has 2 bridgehead atoms. The fraction of sp³-hybridized carbons (Fsp3) is 0.900. The van der Waals surface area contributed by atoms with E-state index in [1.54, 1.807) is 0 Å². The highest BCUT2D eigenvalue weighted by atomic mass is 35.5. The van der Waals surface area contributed by atoms with Crippen molar-refractivity contribution >= 4 is 17.9 Å². The molecule has 3 atom stereocenters. The Morgan fingerprint density at radius 3 is 2.85 bits per heavy atom. The summed E-state index contributed by atoms with van der Waals surface area (Å²) in [6.45, 7) is 0. The van der Waals surface area contributed by atoms with Gasteiger partial charge in [-0.05, 0) is 32.1 Å². The minimum Gasteiger partial charge on any atom is -0.374 e. The lowest BCUT2D eigenvalue weighted by molar-refractivity contribution is -0.119. The van der Waals surface area contributed by atoms with Crippen LogP contribution in [-0.2, 0) is 9.53 Å². The van der Waals surface area contributed by atoms with Gasteiger partial charge in [-0.25, -0.2) is 0 Å². The Balaban J connectivity index is 2.03. The Morgan fingerprint density at radius 2 is 2.38 bits per heavy atom. The van der Waals surface area contributed by atoms with Crippen molar-refractivity contribution in [3.8, 4) is 0 Å². The van der Waals surface area contributed by atoms with E-state index < -0.39 is 0 Å². The van der Waals surface area contributed by atoms with Crippen LogP contribution in [0.25, 0.3) is 0 Å². The van der Waals surface area contributed by atoms with Crippen LogP contribution in [0.2, 0.25) is 0 Å². The number of aldehydes is 1. The number of hydrogen-bond acceptors (Lipinski definition) is 2. The molecule has 0 radical (unpaired) electrons. The van der Waals surface area contributed by atoms with Gasteiger partial charge in [0.25, 0.3) is 0 Å². The van der Waals surface area contributed by atoms with Gasteiger partial charge in [-0.2, -0.15) is 0 Å². The fourth-order valence-corrected chi connectivity index (χ4v) is 2.81. The molecular weight excluding hydrogens is 188 g/mol. The summed E-state index contributed by atoms with van der Waals surface area (Å²) in [7, 11) is 0. The Kier molecular flexibility index (Phi) is 2.61. The van der Waals surface area contributed by atoms with Crippen molar-refractivity contribution in [2.45, 2.75) is 44.3 Å². The van der Waals surface area contributed by atoms with Crippen LogP contribution in [0.5, 0.6) is 0 Å². The number of fused-ring (bicyclic) bond motifs is 2. The van der Waals surface area contributed by atoms with E-state index in [0.717, 1.165) is 38.4 Å². The van der Waals surface area contributed by atoms with E-state index in [0.29, 0.717) is 12.0 Å². The standard InChI is InChI=1S/C10H15ClO2/c11-5-1-4-10(7-12)6-8-2-3-9(10)13-8/h7-9H,1-6H2. The zero-order chi connectivity index (χ0) is 9.31. The molecule has 0 aromatic carbocycles. The first-order valence-corrected chi connectivity index (χ1v) is 5.52. The fourth-order valence-electron chi connectivity index (χ4n) is 2.68. The van der Waals surface area contributed by atoms with Crippen molar-refractivity contribution in [2.75, 3.05) is 5.88 Å². The van der Waals surface area contributed by atoms with Gasteiger partial charge >= 0.3 is 0 Å². The van der Waals surface area contributed by atoms with Crippen molar-refractivity contribution in [2.24, 2.45) is 5.41 Å². The summed E-state index contributed by atoms with van der Waals surface area (Å²) in [6.07, 6.45) is 6.62. The lowest BCUT2D eigenvalue weighted by Crippen LogP contribution is -2.34. The molecule has 2 rings (SSSR count). The number of carbonyl (C=O) groups is 1. The Hall–Kier alpha value is -0.0800. The average molecular weight is 203 g/mol. The highest BCUT2D eigenvalue weighted by Gasteiger charge is 2.51. The largest absolute Gasteiger partial charge is 0.374 e. The SMILES string of the molecule is O=CC1(CCCCl)CC2CCC1O2. The lowest BCUT2D eigenvalue weighted by atomic mass is 9.72. The van der Waals surface area contributed by atoms with Crippen LogP contribution in [0.1, 0.15) is 32.1 Å². The van der Waals surface area contributed by atoms with E-state index in [1.165, 1.54) is 0 Å². The van der Waals surface area contributed by atoms with Gasteiger partial charge in [0.15, 0.2) is 0 Å². The van der Waals surface area contributed by atoms with E-state index >= 15 is 0 Å². The molecule has 3 heteroatoms. The molecule has 0 aromatic heterocycles. The normalized spacial score (nSPS) is 42.5. The summed E-state index contributed by atoms with van der Waals surface area (Å²) in [5.74, 6) is 0.646. The quantitative estimate of drug-likeness (QED) is 0.516. The molecule has 0 aliphatic carbocycles. The van der Waals surface area contributed by atoms with Gasteiger partial charge in [0, 0.05) is 5.88 Å². The second kappa shape index (κ2) is 3.58. The van der Waals surface area contributed by atoms with E-state index in [1.807, 2.05) is 0 Å². The maximum atomic E-state index is 11.1. The molecule has 2 aliphatic heterocycles. The number of ether oxygens (including phenoxy) is 1. The van der Waals surface area contributed by atoms with Crippen LogP contribution in [0.3, 0.4) is 0 Å². The average Bonchev–Trinajstić information content (AvgIpc) is 2.74. The van der Waals surface area contributed by atoms with Gasteiger partial charge in [-0.15, -0.1) is 11.6 Å². The van der Waals surface area contributed by atoms with Gasteiger partial charge < -0.3 is 9.53 Å². The van der Waals surface area contributed by atoms with Gasteiger partial charge in [0.05, 0.1) is 17.6 Å². The molecule has 74 valence electrons. The molecule has 0 spiro atoms. The smallest absolute Gasteiger partial charge is 0.128 e. The zero-order valence-corrected chi connectivity index (χ0v) is 8.43. The first-order valence-electron chi connectivity index (χ1n) is 4.98. The molecule has 3 unspecified atom stereocenters. The summed E-state index contributed by atoms with van der Waals surface area (Å²) >= 11 is 5.64. The third-order valence-electron chi connectivity index (χ3n) is 3.37. The van der Waals surface area contributed by atoms with E-state index in [-0.39, 0.29) is 11.5 Å². The third kappa shape index (κ3) is 1.50. The highest BCUT2D eigenvalue weighted by Crippen LogP contribution is 2.49. The van der Waals surface area contributed by atoms with Crippen LogP contribution in [0.15, 0.2) is 0 Å². The molecule has 2 fully saturated rings. The Labute approximate surface area is 83.6 Å². The van der Waals surface area contributed by atoms with Crippen molar-refractivity contribution in [3.05, 3.63) is 0 Å². The topological polar surface area (TPSA) is 26.3 Å². The predicted octanol–water partition coefficient (Wildman–Crippen LogP) is 2.14. The minimum atomic E-state index is -0.183. The van der Waals surface area contributed by atoms with Crippen LogP contribution >= 0.6 is 11.6 Å². The van der Waals surface area contributed by atoms with Crippen molar-refractivity contribution in [3.63, 3.8) is 0 Å². The van der Waals surface area contributed by atoms with Crippen molar-refractivity contribution in [1.29, 1.82) is 0 Å². The molecule has 2 nitrogen and oxygen atoms in total. The molecule has 2 saturated heterocycles. The van der Waals surface area contributed by atoms with E-state index in [2.05, 4.69) is 0 Å². The van der Waals surface area contributed by atoms with Crippen LogP contribution in [-0.4, -0.2) is 24.4 Å². The van der Waals surface area contributed by atoms with Crippen molar-refractivity contribution < 1.29 is 9.53 Å². The number of halogens is 1. The predicted molar refractivity (Wildman–Crippen MR) is 51.0 cm³/mol.